The van der Waals surface area contributed by atoms with E-state index in [1.54, 1.807) is 0 Å². The summed E-state index contributed by atoms with van der Waals surface area (Å²) in [6, 6.07) is 9.99. The highest BCUT2D eigenvalue weighted by atomic mass is 16.3. The van der Waals surface area contributed by atoms with Gasteiger partial charge in [0.05, 0.1) is 5.60 Å². The monoisotopic (exact) mass is 380 g/mol. The van der Waals surface area contributed by atoms with E-state index in [9.17, 15) is 9.90 Å². The minimum absolute atomic E-state index is 0.0227. The summed E-state index contributed by atoms with van der Waals surface area (Å²) in [5.74, 6) is 1.83. The molecule has 6 heteroatoms. The van der Waals surface area contributed by atoms with E-state index in [1.165, 1.54) is 6.42 Å². The third-order valence-corrected chi connectivity index (χ3v) is 7.05. The van der Waals surface area contributed by atoms with Crippen LogP contribution in [0.1, 0.15) is 60.5 Å². The molecule has 0 spiro atoms. The van der Waals surface area contributed by atoms with Gasteiger partial charge in [0.15, 0.2) is 0 Å². The molecule has 2 aliphatic heterocycles. The lowest BCUT2D eigenvalue weighted by atomic mass is 9.67. The molecule has 5 rings (SSSR count). The Morgan fingerprint density at radius 3 is 2.79 bits per heavy atom. The second-order valence-corrected chi connectivity index (χ2v) is 8.66. The third-order valence-electron chi connectivity index (χ3n) is 7.05. The number of aliphatic hydroxyl groups is 1. The highest BCUT2D eigenvalue weighted by molar-refractivity contribution is 5.91. The summed E-state index contributed by atoms with van der Waals surface area (Å²) in [5.41, 5.74) is 0.136. The largest absolute Gasteiger partial charge is 0.385 e. The normalized spacial score (nSPS) is 29.8. The fourth-order valence-corrected chi connectivity index (χ4v) is 5.56. The number of fused-ring (bicyclic) bond motifs is 2. The molecule has 6 nitrogen and oxygen atoms in total. The number of likely N-dealkylation sites (tertiary alicyclic amines) is 1. The predicted molar refractivity (Wildman–Crippen MR) is 105 cm³/mol. The number of hydrogen-bond donors (Lipinski definition) is 1. The Morgan fingerprint density at radius 2 is 1.93 bits per heavy atom. The van der Waals surface area contributed by atoms with Crippen molar-refractivity contribution in [3.8, 4) is 0 Å². The molecule has 3 heterocycles. The number of rotatable bonds is 2. The summed E-state index contributed by atoms with van der Waals surface area (Å²) in [4.78, 5) is 15.2. The van der Waals surface area contributed by atoms with Crippen LogP contribution in [0.15, 0.2) is 30.3 Å². The molecule has 3 atom stereocenters. The van der Waals surface area contributed by atoms with Crippen molar-refractivity contribution >= 4 is 5.91 Å². The van der Waals surface area contributed by atoms with Crippen molar-refractivity contribution in [1.82, 2.24) is 19.7 Å². The van der Waals surface area contributed by atoms with Crippen LogP contribution in [-0.4, -0.2) is 43.8 Å². The van der Waals surface area contributed by atoms with E-state index in [1.807, 2.05) is 39.8 Å². The Hall–Kier alpha value is -2.21. The van der Waals surface area contributed by atoms with Gasteiger partial charge in [0, 0.05) is 32.0 Å². The highest BCUT2D eigenvalue weighted by Crippen LogP contribution is 2.48. The van der Waals surface area contributed by atoms with Crippen LogP contribution in [0.2, 0.25) is 0 Å². The average Bonchev–Trinajstić information content (AvgIpc) is 3.27. The maximum atomic E-state index is 13.3. The number of aryl methyl sites for hydroxylation is 1. The van der Waals surface area contributed by atoms with Gasteiger partial charge in [0.25, 0.3) is 5.91 Å². The number of benzene rings is 1. The first-order valence-corrected chi connectivity index (χ1v) is 10.7. The topological polar surface area (TPSA) is 71.2 Å². The van der Waals surface area contributed by atoms with E-state index in [0.717, 1.165) is 56.5 Å². The quantitative estimate of drug-likeness (QED) is 0.870. The summed E-state index contributed by atoms with van der Waals surface area (Å²) < 4.78 is 2.03. The van der Waals surface area contributed by atoms with E-state index in [0.29, 0.717) is 24.8 Å². The number of amides is 1. The molecular formula is C22H28N4O2. The van der Waals surface area contributed by atoms with Gasteiger partial charge in [-0.15, -0.1) is 10.2 Å². The number of carbonyl (C=O) groups is 1. The van der Waals surface area contributed by atoms with E-state index in [2.05, 4.69) is 10.2 Å². The summed E-state index contributed by atoms with van der Waals surface area (Å²) in [7, 11) is 0. The fourth-order valence-electron chi connectivity index (χ4n) is 5.56. The van der Waals surface area contributed by atoms with Crippen LogP contribution in [0.25, 0.3) is 0 Å². The molecule has 1 saturated heterocycles. The van der Waals surface area contributed by atoms with E-state index in [-0.39, 0.29) is 11.8 Å². The van der Waals surface area contributed by atoms with Crippen LogP contribution in [0, 0.1) is 11.8 Å². The minimum Gasteiger partial charge on any atom is -0.385 e. The molecular weight excluding hydrogens is 352 g/mol. The first-order valence-electron chi connectivity index (χ1n) is 10.7. The molecule has 1 aliphatic carbocycles. The number of carbonyl (C=O) groups excluding carboxylic acids is 1. The standard InChI is InChI=1S/C22H28N4O2/c27-21(20-24-23-19-11-5-2-6-13-26(19)20)25-14-16-8-7-12-22(28,18(16)15-25)17-9-3-1-4-10-17/h1,3-4,9-10,16,18,28H,2,5-8,11-15H2/t16-,18+,22+/m1/s1. The number of aromatic nitrogens is 3. The lowest BCUT2D eigenvalue weighted by molar-refractivity contribution is -0.0644. The van der Waals surface area contributed by atoms with Crippen LogP contribution in [-0.2, 0) is 18.6 Å². The Balaban J connectivity index is 1.41. The Morgan fingerprint density at radius 1 is 1.07 bits per heavy atom. The molecule has 0 radical (unpaired) electrons. The second kappa shape index (κ2) is 6.99. The average molecular weight is 380 g/mol. The van der Waals surface area contributed by atoms with Crippen molar-refractivity contribution in [3.05, 3.63) is 47.5 Å². The molecule has 148 valence electrons. The van der Waals surface area contributed by atoms with Gasteiger partial charge in [0.2, 0.25) is 5.82 Å². The molecule has 3 aliphatic rings. The molecule has 1 saturated carbocycles. The van der Waals surface area contributed by atoms with Gasteiger partial charge in [-0.2, -0.15) is 0 Å². The van der Waals surface area contributed by atoms with Crippen LogP contribution in [0.5, 0.6) is 0 Å². The lowest BCUT2D eigenvalue weighted by Crippen LogP contribution is -2.43. The van der Waals surface area contributed by atoms with Gasteiger partial charge in [0.1, 0.15) is 5.82 Å². The molecule has 2 aromatic rings. The molecule has 1 amide bonds. The van der Waals surface area contributed by atoms with Crippen LogP contribution in [0.4, 0.5) is 0 Å². The van der Waals surface area contributed by atoms with Crippen LogP contribution in [0.3, 0.4) is 0 Å². The zero-order valence-corrected chi connectivity index (χ0v) is 16.3. The van der Waals surface area contributed by atoms with Crippen molar-refractivity contribution in [2.75, 3.05) is 13.1 Å². The van der Waals surface area contributed by atoms with E-state index >= 15 is 0 Å². The molecule has 2 fully saturated rings. The third kappa shape index (κ3) is 2.85. The first kappa shape index (κ1) is 17.9. The zero-order chi connectivity index (χ0) is 19.1. The SMILES string of the molecule is O=C(c1nnc2n1CCCCC2)N1C[C@H]2CCC[C@](O)(c3ccccc3)[C@H]2C1. The van der Waals surface area contributed by atoms with E-state index in [4.69, 9.17) is 0 Å². The minimum atomic E-state index is -0.846. The summed E-state index contributed by atoms with van der Waals surface area (Å²) in [5, 5.41) is 20.1. The number of nitrogens with zero attached hydrogens (tertiary/aromatic N) is 4. The zero-order valence-electron chi connectivity index (χ0n) is 16.3. The van der Waals surface area contributed by atoms with Gasteiger partial charge in [-0.25, -0.2) is 0 Å². The van der Waals surface area contributed by atoms with Crippen molar-refractivity contribution < 1.29 is 9.90 Å². The van der Waals surface area contributed by atoms with Gasteiger partial charge in [-0.3, -0.25) is 4.79 Å². The maximum absolute atomic E-state index is 13.3. The molecule has 1 aromatic carbocycles. The van der Waals surface area contributed by atoms with Crippen molar-refractivity contribution in [3.63, 3.8) is 0 Å². The predicted octanol–water partition coefficient (Wildman–Crippen LogP) is 2.76. The van der Waals surface area contributed by atoms with Crippen molar-refractivity contribution in [2.45, 2.75) is 57.1 Å². The highest BCUT2D eigenvalue weighted by Gasteiger charge is 2.51. The Kier molecular flexibility index (Phi) is 4.46. The van der Waals surface area contributed by atoms with Crippen molar-refractivity contribution in [2.24, 2.45) is 11.8 Å². The smallest absolute Gasteiger partial charge is 0.291 e. The molecule has 1 aromatic heterocycles. The van der Waals surface area contributed by atoms with Crippen molar-refractivity contribution in [1.29, 1.82) is 0 Å². The Bertz CT molecular complexity index is 865. The first-order chi connectivity index (χ1) is 13.7. The second-order valence-electron chi connectivity index (χ2n) is 8.66. The van der Waals surface area contributed by atoms with Gasteiger partial charge < -0.3 is 14.6 Å². The molecule has 28 heavy (non-hydrogen) atoms. The summed E-state index contributed by atoms with van der Waals surface area (Å²) in [6.07, 6.45) is 7.10. The lowest BCUT2D eigenvalue weighted by Gasteiger charge is -2.41. The fraction of sp³-hybridized carbons (Fsp3) is 0.591. The molecule has 1 N–H and O–H groups in total. The maximum Gasteiger partial charge on any atom is 0.291 e. The van der Waals surface area contributed by atoms with Crippen LogP contribution >= 0.6 is 0 Å². The van der Waals surface area contributed by atoms with Gasteiger partial charge in [-0.05, 0) is 43.6 Å². The summed E-state index contributed by atoms with van der Waals surface area (Å²) in [6.45, 7) is 2.13. The Labute approximate surface area is 165 Å². The molecule has 0 bridgehead atoms. The summed E-state index contributed by atoms with van der Waals surface area (Å²) >= 11 is 0. The van der Waals surface area contributed by atoms with Crippen LogP contribution < -0.4 is 0 Å². The van der Waals surface area contributed by atoms with E-state index < -0.39 is 5.60 Å². The van der Waals surface area contributed by atoms with Gasteiger partial charge in [-0.1, -0.05) is 36.8 Å². The number of hydrogen-bond acceptors (Lipinski definition) is 4. The van der Waals surface area contributed by atoms with Gasteiger partial charge >= 0.3 is 0 Å². The molecule has 0 unspecified atom stereocenters.